The van der Waals surface area contributed by atoms with Crippen LogP contribution >= 0.6 is 58.8 Å². The molecule has 1 saturated heterocycles. The van der Waals surface area contributed by atoms with E-state index in [1.807, 2.05) is 19.0 Å². The lowest BCUT2D eigenvalue weighted by atomic mass is 9.94. The molecule has 1 fully saturated rings. The average Bonchev–Trinajstić information content (AvgIpc) is 2.74. The molecule has 0 unspecified atom stereocenters. The third kappa shape index (κ3) is 7.48. The number of likely N-dealkylation sites (tertiary alicyclic amines) is 1. The van der Waals surface area contributed by atoms with Gasteiger partial charge in [0.15, 0.2) is 5.78 Å². The summed E-state index contributed by atoms with van der Waals surface area (Å²) in [6.45, 7) is 1.08. The van der Waals surface area contributed by atoms with E-state index < -0.39 is 0 Å². The summed E-state index contributed by atoms with van der Waals surface area (Å²) in [4.78, 5) is 29.8. The number of piperidine rings is 1. The topological polar surface area (TPSA) is 40.6 Å². The van der Waals surface area contributed by atoms with Crippen molar-refractivity contribution in [1.82, 2.24) is 9.80 Å². The molecule has 0 bridgehead atoms. The number of ketones is 1. The Labute approximate surface area is 220 Å². The zero-order valence-corrected chi connectivity index (χ0v) is 21.9. The molecule has 1 aliphatic heterocycles. The van der Waals surface area contributed by atoms with Gasteiger partial charge in [-0.3, -0.25) is 9.59 Å². The minimum atomic E-state index is -0.126. The minimum absolute atomic E-state index is 0. The van der Waals surface area contributed by atoms with Crippen LogP contribution in [0.4, 0.5) is 0 Å². The number of carbonyl (C=O) groups excluding carboxylic acids is 2. The molecular weight excluding hydrogens is 526 g/mol. The van der Waals surface area contributed by atoms with Crippen LogP contribution in [0.25, 0.3) is 12.2 Å². The molecule has 2 aromatic rings. The number of benzene rings is 2. The molecule has 1 amide bonds. The predicted octanol–water partition coefficient (Wildman–Crippen LogP) is 6.55. The fourth-order valence-electron chi connectivity index (χ4n) is 3.30. The summed E-state index contributed by atoms with van der Waals surface area (Å²) in [6.07, 6.45) is 3.86. The Bertz CT molecular complexity index is 1040. The largest absolute Gasteiger partial charge is 0.334 e. The zero-order chi connectivity index (χ0) is 23.4. The number of Topliss-reactive ketones (excluding diaryl/α,β-unsaturated/α-hetero) is 1. The summed E-state index contributed by atoms with van der Waals surface area (Å²) in [7, 11) is 3.83. The SMILES string of the molecule is CN(C)CCC(=O)N1C/C(=C\c2ccc(Cl)c(Cl)c2)C(=O)/C(=C/c2ccc(Cl)c(Cl)c2)C1.Cl. The highest BCUT2D eigenvalue weighted by atomic mass is 35.5. The van der Waals surface area contributed by atoms with Crippen LogP contribution in [0, 0.1) is 0 Å². The molecule has 1 aliphatic rings. The molecule has 9 heteroatoms. The smallest absolute Gasteiger partial charge is 0.224 e. The molecule has 33 heavy (non-hydrogen) atoms. The Kier molecular flexibility index (Phi) is 10.3. The monoisotopic (exact) mass is 546 g/mol. The lowest BCUT2D eigenvalue weighted by Crippen LogP contribution is -2.42. The highest BCUT2D eigenvalue weighted by molar-refractivity contribution is 6.42. The van der Waals surface area contributed by atoms with Crippen LogP contribution in [0.1, 0.15) is 17.5 Å². The molecule has 0 aliphatic carbocycles. The number of hydrogen-bond donors (Lipinski definition) is 0. The van der Waals surface area contributed by atoms with Crippen LogP contribution in [0.15, 0.2) is 47.5 Å². The maximum atomic E-state index is 13.3. The summed E-state index contributed by atoms with van der Waals surface area (Å²) in [5.41, 5.74) is 2.47. The lowest BCUT2D eigenvalue weighted by molar-refractivity contribution is -0.131. The molecular formula is C24H23Cl5N2O2. The van der Waals surface area contributed by atoms with Crippen LogP contribution in [-0.2, 0) is 9.59 Å². The van der Waals surface area contributed by atoms with Crippen molar-refractivity contribution in [3.8, 4) is 0 Å². The van der Waals surface area contributed by atoms with Crippen molar-refractivity contribution in [3.05, 3.63) is 78.8 Å². The second-order valence-corrected chi connectivity index (χ2v) is 9.45. The Morgan fingerprint density at radius 2 is 1.33 bits per heavy atom. The van der Waals surface area contributed by atoms with Gasteiger partial charge in [-0.05, 0) is 61.6 Å². The van der Waals surface area contributed by atoms with Crippen molar-refractivity contribution in [2.75, 3.05) is 33.7 Å². The van der Waals surface area contributed by atoms with Gasteiger partial charge < -0.3 is 9.80 Å². The highest BCUT2D eigenvalue weighted by Gasteiger charge is 2.29. The minimum Gasteiger partial charge on any atom is -0.334 e. The average molecular weight is 549 g/mol. The van der Waals surface area contributed by atoms with Crippen molar-refractivity contribution in [3.63, 3.8) is 0 Å². The number of nitrogens with zero attached hydrogens (tertiary/aromatic N) is 2. The van der Waals surface area contributed by atoms with E-state index in [2.05, 4.69) is 0 Å². The summed E-state index contributed by atoms with van der Waals surface area (Å²) in [6, 6.07) is 10.3. The Hall–Kier alpha value is -1.53. The van der Waals surface area contributed by atoms with Gasteiger partial charge in [-0.2, -0.15) is 0 Å². The number of hydrogen-bond acceptors (Lipinski definition) is 3. The van der Waals surface area contributed by atoms with Gasteiger partial charge in [-0.15, -0.1) is 12.4 Å². The van der Waals surface area contributed by atoms with Crippen molar-refractivity contribution in [1.29, 1.82) is 0 Å². The van der Waals surface area contributed by atoms with Crippen LogP contribution < -0.4 is 0 Å². The summed E-state index contributed by atoms with van der Waals surface area (Å²) in [5.74, 6) is -0.148. The molecule has 0 saturated carbocycles. The standard InChI is InChI=1S/C24H22Cl4N2O2.ClH/c1-29(2)8-7-23(31)30-13-17(9-15-3-5-19(25)21(27)11-15)24(32)18(14-30)10-16-4-6-20(26)22(28)12-16;/h3-6,9-12H,7-8,13-14H2,1-2H3;1H/b17-9+,18-10+;. The molecule has 0 atom stereocenters. The van der Waals surface area contributed by atoms with E-state index >= 15 is 0 Å². The Balaban J connectivity index is 0.00000385. The molecule has 2 aromatic carbocycles. The Morgan fingerprint density at radius 1 is 0.879 bits per heavy atom. The summed E-state index contributed by atoms with van der Waals surface area (Å²) in [5, 5.41) is 1.67. The quantitative estimate of drug-likeness (QED) is 0.398. The van der Waals surface area contributed by atoms with E-state index in [4.69, 9.17) is 46.4 Å². The molecule has 0 N–H and O–H groups in total. The van der Waals surface area contributed by atoms with Gasteiger partial charge in [-0.25, -0.2) is 0 Å². The molecule has 3 rings (SSSR count). The van der Waals surface area contributed by atoms with E-state index in [0.29, 0.717) is 44.2 Å². The van der Waals surface area contributed by atoms with Crippen LogP contribution in [0.5, 0.6) is 0 Å². The van der Waals surface area contributed by atoms with Crippen LogP contribution in [-0.4, -0.2) is 55.2 Å². The first-order valence-electron chi connectivity index (χ1n) is 9.92. The Morgan fingerprint density at radius 3 is 1.73 bits per heavy atom. The van der Waals surface area contributed by atoms with Crippen molar-refractivity contribution in [2.24, 2.45) is 0 Å². The van der Waals surface area contributed by atoms with E-state index in [1.165, 1.54) is 0 Å². The number of rotatable bonds is 5. The van der Waals surface area contributed by atoms with Gasteiger partial charge in [0, 0.05) is 37.2 Å². The molecule has 0 aromatic heterocycles. The van der Waals surface area contributed by atoms with E-state index in [9.17, 15) is 9.59 Å². The number of carbonyl (C=O) groups is 2. The molecule has 4 nitrogen and oxygen atoms in total. The fourth-order valence-corrected chi connectivity index (χ4v) is 3.91. The van der Waals surface area contributed by atoms with E-state index in [-0.39, 0.29) is 37.2 Å². The number of amides is 1. The normalized spacial score (nSPS) is 16.5. The zero-order valence-electron chi connectivity index (χ0n) is 18.1. The maximum Gasteiger partial charge on any atom is 0.224 e. The highest BCUT2D eigenvalue weighted by Crippen LogP contribution is 2.28. The molecule has 0 radical (unpaired) electrons. The van der Waals surface area contributed by atoms with E-state index in [0.717, 1.165) is 11.1 Å². The molecule has 1 heterocycles. The van der Waals surface area contributed by atoms with Gasteiger partial charge in [0.05, 0.1) is 20.1 Å². The van der Waals surface area contributed by atoms with E-state index in [1.54, 1.807) is 53.5 Å². The second kappa shape index (κ2) is 12.3. The van der Waals surface area contributed by atoms with Gasteiger partial charge in [0.2, 0.25) is 5.91 Å². The summed E-state index contributed by atoms with van der Waals surface area (Å²) < 4.78 is 0. The third-order valence-corrected chi connectivity index (χ3v) is 6.48. The summed E-state index contributed by atoms with van der Waals surface area (Å²) >= 11 is 24.3. The van der Waals surface area contributed by atoms with Crippen molar-refractivity contribution >= 4 is 82.7 Å². The predicted molar refractivity (Wildman–Crippen MR) is 141 cm³/mol. The van der Waals surface area contributed by atoms with Gasteiger partial charge in [0.1, 0.15) is 0 Å². The molecule has 176 valence electrons. The third-order valence-electron chi connectivity index (χ3n) is 5.00. The number of halogens is 5. The van der Waals surface area contributed by atoms with Gasteiger partial charge in [-0.1, -0.05) is 58.5 Å². The fraction of sp³-hybridized carbons (Fsp3) is 0.250. The van der Waals surface area contributed by atoms with Crippen molar-refractivity contribution in [2.45, 2.75) is 6.42 Å². The first-order chi connectivity index (χ1) is 15.1. The first kappa shape index (κ1) is 27.7. The first-order valence-corrected chi connectivity index (χ1v) is 11.4. The van der Waals surface area contributed by atoms with Gasteiger partial charge >= 0.3 is 0 Å². The van der Waals surface area contributed by atoms with Gasteiger partial charge in [0.25, 0.3) is 0 Å². The van der Waals surface area contributed by atoms with Crippen LogP contribution in [0.3, 0.4) is 0 Å². The maximum absolute atomic E-state index is 13.3. The second-order valence-electron chi connectivity index (χ2n) is 7.82. The lowest BCUT2D eigenvalue weighted by Gasteiger charge is -2.30. The molecule has 0 spiro atoms. The van der Waals surface area contributed by atoms with Crippen LogP contribution in [0.2, 0.25) is 20.1 Å². The van der Waals surface area contributed by atoms with Crippen molar-refractivity contribution < 1.29 is 9.59 Å².